The minimum Gasteiger partial charge on any atom is -0.304 e. The minimum atomic E-state index is -0.0743. The number of thiazole rings is 1. The lowest BCUT2D eigenvalue weighted by molar-refractivity contribution is -0.114. The Hall–Kier alpha value is -1.72. The number of amides is 1. The maximum absolute atomic E-state index is 11.2. The minimum absolute atomic E-state index is 0.0743. The predicted molar refractivity (Wildman–Crippen MR) is 87.7 cm³/mol. The van der Waals surface area contributed by atoms with E-state index in [2.05, 4.69) is 39.5 Å². The number of carbonyl (C=O) groups is 1. The van der Waals surface area contributed by atoms with Gasteiger partial charge in [0.1, 0.15) is 0 Å². The van der Waals surface area contributed by atoms with E-state index in [9.17, 15) is 4.79 Å². The molecular weight excluding hydrogens is 282 g/mol. The summed E-state index contributed by atoms with van der Waals surface area (Å²) in [6.45, 7) is 2.36. The zero-order valence-corrected chi connectivity index (χ0v) is 13.5. The van der Waals surface area contributed by atoms with Crippen LogP contribution in [0.5, 0.6) is 0 Å². The third-order valence-corrected chi connectivity index (χ3v) is 4.01. The zero-order chi connectivity index (χ0) is 15.2. The van der Waals surface area contributed by atoms with Crippen molar-refractivity contribution in [3.63, 3.8) is 0 Å². The monoisotopic (exact) mass is 303 g/mol. The molecule has 112 valence electrons. The first-order valence-electron chi connectivity index (χ1n) is 6.99. The van der Waals surface area contributed by atoms with Crippen LogP contribution in [0.1, 0.15) is 23.1 Å². The summed E-state index contributed by atoms with van der Waals surface area (Å²) in [7, 11) is 4.08. The van der Waals surface area contributed by atoms with E-state index in [4.69, 9.17) is 0 Å². The van der Waals surface area contributed by atoms with Gasteiger partial charge >= 0.3 is 0 Å². The van der Waals surface area contributed by atoms with Crippen LogP contribution in [0.4, 0.5) is 5.13 Å². The smallest absolute Gasteiger partial charge is 0.223 e. The molecule has 0 unspecified atom stereocenters. The van der Waals surface area contributed by atoms with Crippen LogP contribution in [0.25, 0.3) is 0 Å². The van der Waals surface area contributed by atoms with Gasteiger partial charge in [0.2, 0.25) is 5.91 Å². The fourth-order valence-electron chi connectivity index (χ4n) is 2.10. The Morgan fingerprint density at radius 1 is 1.24 bits per heavy atom. The molecule has 21 heavy (non-hydrogen) atoms. The third kappa shape index (κ3) is 4.95. The molecule has 0 atom stereocenters. The van der Waals surface area contributed by atoms with Crippen LogP contribution in [-0.2, 0) is 24.2 Å². The summed E-state index contributed by atoms with van der Waals surface area (Å²) in [6.07, 6.45) is 1.85. The van der Waals surface area contributed by atoms with Crippen molar-refractivity contribution in [1.29, 1.82) is 0 Å². The number of nitrogens with one attached hydrogen (secondary N) is 1. The molecule has 0 saturated carbocycles. The Morgan fingerprint density at radius 3 is 2.57 bits per heavy atom. The van der Waals surface area contributed by atoms with Gasteiger partial charge in [-0.2, -0.15) is 0 Å². The lowest BCUT2D eigenvalue weighted by Crippen LogP contribution is -2.11. The van der Waals surface area contributed by atoms with Crippen molar-refractivity contribution in [1.82, 2.24) is 9.88 Å². The third-order valence-electron chi connectivity index (χ3n) is 3.01. The molecule has 1 N–H and O–H groups in total. The largest absolute Gasteiger partial charge is 0.304 e. The van der Waals surface area contributed by atoms with E-state index in [-0.39, 0.29) is 5.91 Å². The van der Waals surface area contributed by atoms with E-state index in [1.807, 2.05) is 20.2 Å². The maximum Gasteiger partial charge on any atom is 0.223 e. The van der Waals surface area contributed by atoms with E-state index < -0.39 is 0 Å². The van der Waals surface area contributed by atoms with Gasteiger partial charge in [-0.25, -0.2) is 4.98 Å². The molecule has 0 saturated heterocycles. The molecule has 0 bridgehead atoms. The number of hydrogen-bond acceptors (Lipinski definition) is 4. The van der Waals surface area contributed by atoms with Crippen LogP contribution in [0, 0.1) is 0 Å². The SMILES string of the molecule is CC(=O)Nc1nc(CCc2ccccc2)c(CN(C)C)s1. The van der Waals surface area contributed by atoms with Crippen molar-refractivity contribution in [2.75, 3.05) is 19.4 Å². The molecule has 0 radical (unpaired) electrons. The summed E-state index contributed by atoms with van der Waals surface area (Å²) in [5.41, 5.74) is 2.39. The zero-order valence-electron chi connectivity index (χ0n) is 12.7. The molecule has 1 aromatic carbocycles. The van der Waals surface area contributed by atoms with Crippen molar-refractivity contribution in [3.05, 3.63) is 46.5 Å². The molecule has 4 nitrogen and oxygen atoms in total. The van der Waals surface area contributed by atoms with Crippen molar-refractivity contribution in [2.45, 2.75) is 26.3 Å². The lowest BCUT2D eigenvalue weighted by atomic mass is 10.1. The number of anilines is 1. The average Bonchev–Trinajstić information content (AvgIpc) is 2.77. The highest BCUT2D eigenvalue weighted by atomic mass is 32.1. The van der Waals surface area contributed by atoms with Gasteiger partial charge in [0.25, 0.3) is 0 Å². The van der Waals surface area contributed by atoms with Crippen LogP contribution in [-0.4, -0.2) is 29.9 Å². The second kappa shape index (κ2) is 7.33. The Kier molecular flexibility index (Phi) is 5.47. The summed E-state index contributed by atoms with van der Waals surface area (Å²) in [5, 5.41) is 3.48. The summed E-state index contributed by atoms with van der Waals surface area (Å²) < 4.78 is 0. The van der Waals surface area contributed by atoms with E-state index in [1.165, 1.54) is 17.4 Å². The molecule has 0 fully saturated rings. The molecule has 0 aliphatic rings. The quantitative estimate of drug-likeness (QED) is 0.892. The Morgan fingerprint density at radius 2 is 1.95 bits per heavy atom. The van der Waals surface area contributed by atoms with Gasteiger partial charge in [-0.15, -0.1) is 11.3 Å². The lowest BCUT2D eigenvalue weighted by Gasteiger charge is -2.08. The molecule has 1 aromatic heterocycles. The molecule has 0 aliphatic carbocycles. The number of aryl methyl sites for hydroxylation is 2. The van der Waals surface area contributed by atoms with E-state index >= 15 is 0 Å². The van der Waals surface area contributed by atoms with Crippen LogP contribution in [0.2, 0.25) is 0 Å². The van der Waals surface area contributed by atoms with Crippen molar-refractivity contribution in [2.24, 2.45) is 0 Å². The van der Waals surface area contributed by atoms with Crippen molar-refractivity contribution >= 4 is 22.4 Å². The van der Waals surface area contributed by atoms with Gasteiger partial charge < -0.3 is 10.2 Å². The summed E-state index contributed by atoms with van der Waals surface area (Å²) >= 11 is 1.57. The van der Waals surface area contributed by atoms with Crippen LogP contribution >= 0.6 is 11.3 Å². The number of hydrogen-bond donors (Lipinski definition) is 1. The number of rotatable bonds is 6. The molecule has 1 heterocycles. The highest BCUT2D eigenvalue weighted by molar-refractivity contribution is 7.15. The molecule has 5 heteroatoms. The molecular formula is C16H21N3OS. The first-order chi connectivity index (χ1) is 10.0. The first-order valence-corrected chi connectivity index (χ1v) is 7.81. The van der Waals surface area contributed by atoms with Gasteiger partial charge in [-0.1, -0.05) is 30.3 Å². The van der Waals surface area contributed by atoms with Crippen LogP contribution in [0.3, 0.4) is 0 Å². The van der Waals surface area contributed by atoms with E-state index in [1.54, 1.807) is 11.3 Å². The van der Waals surface area contributed by atoms with Gasteiger partial charge in [0, 0.05) is 18.3 Å². The Balaban J connectivity index is 2.11. The number of carbonyl (C=O) groups excluding carboxylic acids is 1. The van der Waals surface area contributed by atoms with Gasteiger partial charge in [0.15, 0.2) is 5.13 Å². The second-order valence-electron chi connectivity index (χ2n) is 5.29. The molecule has 2 rings (SSSR count). The first kappa shape index (κ1) is 15.7. The van der Waals surface area contributed by atoms with E-state index in [0.29, 0.717) is 5.13 Å². The highest BCUT2D eigenvalue weighted by Gasteiger charge is 2.12. The fraction of sp³-hybridized carbons (Fsp3) is 0.375. The summed E-state index contributed by atoms with van der Waals surface area (Å²) in [6, 6.07) is 10.4. The maximum atomic E-state index is 11.2. The van der Waals surface area contributed by atoms with Crippen molar-refractivity contribution in [3.8, 4) is 0 Å². The summed E-state index contributed by atoms with van der Waals surface area (Å²) in [4.78, 5) is 19.1. The number of nitrogens with zero attached hydrogens (tertiary/aromatic N) is 2. The van der Waals surface area contributed by atoms with Gasteiger partial charge in [-0.05, 0) is 32.5 Å². The Bertz CT molecular complexity index is 593. The standard InChI is InChI=1S/C16H21N3OS/c1-12(20)17-16-18-14(15(21-16)11-19(2)3)10-9-13-7-5-4-6-8-13/h4-8H,9-11H2,1-3H3,(H,17,18,20). The summed E-state index contributed by atoms with van der Waals surface area (Å²) in [5.74, 6) is -0.0743. The normalized spacial score (nSPS) is 10.9. The number of aromatic nitrogens is 1. The highest BCUT2D eigenvalue weighted by Crippen LogP contribution is 2.25. The molecule has 0 spiro atoms. The predicted octanol–water partition coefficient (Wildman–Crippen LogP) is 2.95. The topological polar surface area (TPSA) is 45.2 Å². The molecule has 2 aromatic rings. The second-order valence-corrected chi connectivity index (χ2v) is 6.38. The molecule has 1 amide bonds. The Labute approximate surface area is 129 Å². The van der Waals surface area contributed by atoms with Crippen LogP contribution < -0.4 is 5.32 Å². The van der Waals surface area contributed by atoms with Crippen LogP contribution in [0.15, 0.2) is 30.3 Å². The van der Waals surface area contributed by atoms with Gasteiger partial charge in [-0.3, -0.25) is 4.79 Å². The molecule has 0 aliphatic heterocycles. The number of benzene rings is 1. The van der Waals surface area contributed by atoms with Gasteiger partial charge in [0.05, 0.1) is 5.69 Å². The fourth-order valence-corrected chi connectivity index (χ4v) is 3.27. The van der Waals surface area contributed by atoms with E-state index in [0.717, 1.165) is 25.1 Å². The average molecular weight is 303 g/mol. The van der Waals surface area contributed by atoms with Crippen molar-refractivity contribution < 1.29 is 4.79 Å².